The standard InChI is InChI=1S/C12H17N2.3C4H9.Sn/c1-13-7-9-14(10-8-13)11-12-5-3-2-4-6-12;3*1-3-4-2;/h3-6H,7-11H2,1H3;3*1,3-4H2,2H3;. The van der Waals surface area contributed by atoms with Crippen LogP contribution in [0.5, 0.6) is 0 Å². The molecule has 0 amide bonds. The summed E-state index contributed by atoms with van der Waals surface area (Å²) < 4.78 is 6.54. The molecule has 1 fully saturated rings. The Bertz CT molecular complexity index is 484. The summed E-state index contributed by atoms with van der Waals surface area (Å²) in [6, 6.07) is 10.1. The number of benzene rings is 1. The van der Waals surface area contributed by atoms with Crippen molar-refractivity contribution in [3.05, 3.63) is 29.8 Å². The predicted molar refractivity (Wildman–Crippen MR) is 124 cm³/mol. The van der Waals surface area contributed by atoms with Gasteiger partial charge in [0, 0.05) is 0 Å². The molecule has 1 aromatic rings. The van der Waals surface area contributed by atoms with Crippen molar-refractivity contribution < 1.29 is 0 Å². The zero-order valence-corrected chi connectivity index (χ0v) is 21.5. The molecule has 0 unspecified atom stereocenters. The number of hydrogen-bond acceptors (Lipinski definition) is 2. The van der Waals surface area contributed by atoms with Crippen molar-refractivity contribution >= 4 is 22.0 Å². The summed E-state index contributed by atoms with van der Waals surface area (Å²) in [5.41, 5.74) is 1.52. The second-order valence-electron chi connectivity index (χ2n) is 8.87. The van der Waals surface area contributed by atoms with Crippen molar-refractivity contribution in [1.29, 1.82) is 0 Å². The molecule has 1 aromatic carbocycles. The van der Waals surface area contributed by atoms with E-state index in [-0.39, 0.29) is 0 Å². The van der Waals surface area contributed by atoms with Gasteiger partial charge in [-0.25, -0.2) is 0 Å². The number of likely N-dealkylation sites (N-methyl/N-ethyl adjacent to an activating group) is 1. The minimum atomic E-state index is -2.24. The van der Waals surface area contributed by atoms with Crippen LogP contribution in [0, 0.1) is 0 Å². The summed E-state index contributed by atoms with van der Waals surface area (Å²) in [6.45, 7) is 13.1. The zero-order valence-electron chi connectivity index (χ0n) is 18.6. The summed E-state index contributed by atoms with van der Waals surface area (Å²) in [7, 11) is 2.24. The third kappa shape index (κ3) is 7.36. The Labute approximate surface area is 173 Å². The van der Waals surface area contributed by atoms with E-state index in [4.69, 9.17) is 0 Å². The molecule has 0 bridgehead atoms. The van der Waals surface area contributed by atoms with Crippen LogP contribution < -0.4 is 3.58 Å². The third-order valence-electron chi connectivity index (χ3n) is 6.60. The maximum absolute atomic E-state index is 2.62. The molecule has 0 atom stereocenters. The fourth-order valence-electron chi connectivity index (χ4n) is 4.58. The van der Waals surface area contributed by atoms with E-state index in [1.54, 1.807) is 13.3 Å². The second kappa shape index (κ2) is 12.5. The summed E-state index contributed by atoms with van der Waals surface area (Å²) in [4.78, 5) is 5.06. The molecule has 1 saturated heterocycles. The van der Waals surface area contributed by atoms with Gasteiger partial charge in [0.2, 0.25) is 0 Å². The van der Waals surface area contributed by atoms with Gasteiger partial charge in [-0.1, -0.05) is 0 Å². The van der Waals surface area contributed by atoms with Gasteiger partial charge in [-0.3, -0.25) is 0 Å². The first kappa shape index (κ1) is 23.2. The van der Waals surface area contributed by atoms with E-state index in [1.807, 2.05) is 3.58 Å². The van der Waals surface area contributed by atoms with Gasteiger partial charge in [0.25, 0.3) is 0 Å². The summed E-state index contributed by atoms with van der Waals surface area (Å²) in [5.74, 6) is 0. The van der Waals surface area contributed by atoms with Gasteiger partial charge in [-0.15, -0.1) is 0 Å². The Hall–Kier alpha value is -0.0613. The van der Waals surface area contributed by atoms with Crippen LogP contribution in [0.15, 0.2) is 24.3 Å². The topological polar surface area (TPSA) is 6.48 Å². The van der Waals surface area contributed by atoms with Crippen molar-refractivity contribution in [2.45, 2.75) is 79.2 Å². The molecule has 154 valence electrons. The number of piperazine rings is 1. The normalized spacial score (nSPS) is 16.7. The van der Waals surface area contributed by atoms with Gasteiger partial charge in [0.05, 0.1) is 0 Å². The van der Waals surface area contributed by atoms with Gasteiger partial charge in [0.15, 0.2) is 0 Å². The molecule has 0 radical (unpaired) electrons. The third-order valence-corrected chi connectivity index (χ3v) is 22.3. The Morgan fingerprint density at radius 3 is 1.67 bits per heavy atom. The van der Waals surface area contributed by atoms with Crippen LogP contribution in [-0.4, -0.2) is 61.4 Å². The maximum atomic E-state index is 2.62. The van der Waals surface area contributed by atoms with Crippen LogP contribution in [0.25, 0.3) is 0 Å². The molecule has 2 nitrogen and oxygen atoms in total. The van der Waals surface area contributed by atoms with Gasteiger partial charge in [-0.2, -0.15) is 0 Å². The SMILES string of the molecule is CCC[CH2][Sn]([CH2]CCC)([CH2]CCC)[c]1ccc(CN2CCN(C)CC2)cc1. The molecule has 2 rings (SSSR count). The van der Waals surface area contributed by atoms with Crippen molar-refractivity contribution in [2.24, 2.45) is 0 Å². The first-order chi connectivity index (χ1) is 13.1. The Morgan fingerprint density at radius 2 is 1.22 bits per heavy atom. The van der Waals surface area contributed by atoms with Crippen LogP contribution in [0.4, 0.5) is 0 Å². The van der Waals surface area contributed by atoms with E-state index in [0.717, 1.165) is 6.54 Å². The number of nitrogens with zero attached hydrogens (tertiary/aromatic N) is 2. The van der Waals surface area contributed by atoms with Crippen LogP contribution in [0.3, 0.4) is 0 Å². The molecule has 1 aliphatic heterocycles. The van der Waals surface area contributed by atoms with Crippen LogP contribution in [0.2, 0.25) is 13.3 Å². The Morgan fingerprint density at radius 1 is 0.741 bits per heavy atom. The molecule has 1 aliphatic rings. The molecule has 0 aromatic heterocycles. The molecular weight excluding hydrogens is 435 g/mol. The molecule has 0 saturated carbocycles. The fourth-order valence-corrected chi connectivity index (χ4v) is 20.5. The average Bonchev–Trinajstić information content (AvgIpc) is 2.70. The number of hydrogen-bond donors (Lipinski definition) is 0. The van der Waals surface area contributed by atoms with Crippen LogP contribution >= 0.6 is 0 Å². The molecule has 0 spiro atoms. The van der Waals surface area contributed by atoms with E-state index in [2.05, 4.69) is 61.9 Å². The van der Waals surface area contributed by atoms with Crippen molar-refractivity contribution in [3.63, 3.8) is 0 Å². The molecule has 3 heteroatoms. The molecule has 0 aliphatic carbocycles. The fraction of sp³-hybridized carbons (Fsp3) is 0.750. The van der Waals surface area contributed by atoms with E-state index < -0.39 is 18.4 Å². The van der Waals surface area contributed by atoms with Gasteiger partial charge in [0.1, 0.15) is 0 Å². The first-order valence-corrected chi connectivity index (χ1v) is 19.1. The van der Waals surface area contributed by atoms with Crippen molar-refractivity contribution in [1.82, 2.24) is 9.80 Å². The quantitative estimate of drug-likeness (QED) is 0.366. The number of rotatable bonds is 12. The second-order valence-corrected chi connectivity index (χ2v) is 22.1. The Balaban J connectivity index is 2.11. The van der Waals surface area contributed by atoms with Crippen LogP contribution in [0.1, 0.15) is 64.9 Å². The minimum absolute atomic E-state index is 1.13. The van der Waals surface area contributed by atoms with E-state index in [0.29, 0.717) is 0 Å². The van der Waals surface area contributed by atoms with Gasteiger partial charge < -0.3 is 0 Å². The molecule has 27 heavy (non-hydrogen) atoms. The Kier molecular flexibility index (Phi) is 10.7. The summed E-state index contributed by atoms with van der Waals surface area (Å²) in [5, 5.41) is 0. The predicted octanol–water partition coefficient (Wildman–Crippen LogP) is 5.49. The van der Waals surface area contributed by atoms with Gasteiger partial charge in [-0.05, 0) is 0 Å². The summed E-state index contributed by atoms with van der Waals surface area (Å²) >= 11 is -2.24. The van der Waals surface area contributed by atoms with E-state index in [9.17, 15) is 0 Å². The van der Waals surface area contributed by atoms with Crippen molar-refractivity contribution in [2.75, 3.05) is 33.2 Å². The van der Waals surface area contributed by atoms with E-state index >= 15 is 0 Å². The number of unbranched alkanes of at least 4 members (excludes halogenated alkanes) is 3. The van der Waals surface area contributed by atoms with Crippen LogP contribution in [-0.2, 0) is 6.54 Å². The van der Waals surface area contributed by atoms with Crippen molar-refractivity contribution in [3.8, 4) is 0 Å². The summed E-state index contributed by atoms with van der Waals surface area (Å²) in [6.07, 6.45) is 8.43. The van der Waals surface area contributed by atoms with Gasteiger partial charge >= 0.3 is 174 Å². The van der Waals surface area contributed by atoms with E-state index in [1.165, 1.54) is 70.3 Å². The zero-order chi connectivity index (χ0) is 19.5. The molecule has 0 N–H and O–H groups in total. The molecular formula is C24H44N2Sn. The first-order valence-electron chi connectivity index (χ1n) is 11.6. The monoisotopic (exact) mass is 480 g/mol. The molecule has 1 heterocycles. The average molecular weight is 479 g/mol.